The number of aromatic amines is 1. The molecule has 1 aliphatic rings. The number of aromatic nitrogens is 3. The Bertz CT molecular complexity index is 497. The van der Waals surface area contributed by atoms with E-state index in [-0.39, 0.29) is 5.54 Å². The molecule has 4 nitrogen and oxygen atoms in total. The van der Waals surface area contributed by atoms with Gasteiger partial charge in [0.1, 0.15) is 10.8 Å². The van der Waals surface area contributed by atoms with Crippen LogP contribution in [0, 0.1) is 6.92 Å². The predicted octanol–water partition coefficient (Wildman–Crippen LogP) is 2.73. The SMILES string of the molecule is Cc1csc(C2(NCc3ncc[nH]3)CCCC2)n1. The molecule has 18 heavy (non-hydrogen) atoms. The zero-order chi connectivity index (χ0) is 12.4. The zero-order valence-corrected chi connectivity index (χ0v) is 11.4. The maximum atomic E-state index is 4.69. The quantitative estimate of drug-likeness (QED) is 0.890. The maximum absolute atomic E-state index is 4.69. The Morgan fingerprint density at radius 1 is 1.44 bits per heavy atom. The Kier molecular flexibility index (Phi) is 3.18. The number of hydrogen-bond donors (Lipinski definition) is 2. The molecule has 2 aromatic rings. The second-order valence-corrected chi connectivity index (χ2v) is 5.83. The first-order chi connectivity index (χ1) is 8.78. The fraction of sp³-hybridized carbons (Fsp3) is 0.538. The molecule has 2 N–H and O–H groups in total. The molecule has 0 unspecified atom stereocenters. The van der Waals surface area contributed by atoms with E-state index >= 15 is 0 Å². The van der Waals surface area contributed by atoms with Crippen LogP contribution in [0.2, 0.25) is 0 Å². The van der Waals surface area contributed by atoms with Gasteiger partial charge in [-0.15, -0.1) is 11.3 Å². The second-order valence-electron chi connectivity index (χ2n) is 4.97. The number of imidazole rings is 1. The van der Waals surface area contributed by atoms with Crippen LogP contribution in [0.25, 0.3) is 0 Å². The minimum Gasteiger partial charge on any atom is -0.348 e. The highest BCUT2D eigenvalue weighted by molar-refractivity contribution is 7.09. The van der Waals surface area contributed by atoms with E-state index < -0.39 is 0 Å². The first-order valence-electron chi connectivity index (χ1n) is 6.44. The molecular formula is C13H18N4S. The molecule has 0 atom stereocenters. The highest BCUT2D eigenvalue weighted by Gasteiger charge is 2.37. The largest absolute Gasteiger partial charge is 0.348 e. The van der Waals surface area contributed by atoms with E-state index in [9.17, 15) is 0 Å². The molecule has 5 heteroatoms. The van der Waals surface area contributed by atoms with Crippen LogP contribution in [-0.2, 0) is 12.1 Å². The lowest BCUT2D eigenvalue weighted by molar-refractivity contribution is 0.333. The second kappa shape index (κ2) is 4.82. The van der Waals surface area contributed by atoms with Gasteiger partial charge in [-0.25, -0.2) is 9.97 Å². The topological polar surface area (TPSA) is 53.6 Å². The average molecular weight is 262 g/mol. The molecule has 0 aromatic carbocycles. The van der Waals surface area contributed by atoms with Crippen molar-refractivity contribution in [1.29, 1.82) is 0 Å². The Labute approximate surface area is 111 Å². The van der Waals surface area contributed by atoms with Gasteiger partial charge in [0.05, 0.1) is 12.1 Å². The minimum absolute atomic E-state index is 0.0751. The summed E-state index contributed by atoms with van der Waals surface area (Å²) in [7, 11) is 0. The van der Waals surface area contributed by atoms with E-state index in [0.717, 1.165) is 18.1 Å². The highest BCUT2D eigenvalue weighted by atomic mass is 32.1. The summed E-state index contributed by atoms with van der Waals surface area (Å²) in [6.07, 6.45) is 8.59. The molecule has 1 fully saturated rings. The average Bonchev–Trinajstić information content (AvgIpc) is 3.08. The van der Waals surface area contributed by atoms with Crippen molar-refractivity contribution in [2.24, 2.45) is 0 Å². The monoisotopic (exact) mass is 262 g/mol. The summed E-state index contributed by atoms with van der Waals surface area (Å²) in [5.41, 5.74) is 1.20. The van der Waals surface area contributed by atoms with Crippen LogP contribution in [0.5, 0.6) is 0 Å². The molecule has 3 rings (SSSR count). The third-order valence-corrected chi connectivity index (χ3v) is 4.80. The van der Waals surface area contributed by atoms with Gasteiger partial charge in [-0.3, -0.25) is 5.32 Å². The van der Waals surface area contributed by atoms with Gasteiger partial charge in [0.2, 0.25) is 0 Å². The van der Waals surface area contributed by atoms with Crippen molar-refractivity contribution >= 4 is 11.3 Å². The first kappa shape index (κ1) is 11.9. The minimum atomic E-state index is 0.0751. The number of rotatable bonds is 4. The van der Waals surface area contributed by atoms with Crippen molar-refractivity contribution in [3.05, 3.63) is 34.3 Å². The maximum Gasteiger partial charge on any atom is 0.120 e. The fourth-order valence-electron chi connectivity index (χ4n) is 2.67. The van der Waals surface area contributed by atoms with Crippen molar-refractivity contribution in [3.8, 4) is 0 Å². The van der Waals surface area contributed by atoms with Gasteiger partial charge >= 0.3 is 0 Å². The van der Waals surface area contributed by atoms with Gasteiger partial charge in [0, 0.05) is 23.5 Å². The van der Waals surface area contributed by atoms with Gasteiger partial charge in [0.15, 0.2) is 0 Å². The van der Waals surface area contributed by atoms with Crippen LogP contribution < -0.4 is 5.32 Å². The Morgan fingerprint density at radius 3 is 2.89 bits per heavy atom. The van der Waals surface area contributed by atoms with Crippen LogP contribution >= 0.6 is 11.3 Å². The summed E-state index contributed by atoms with van der Waals surface area (Å²) in [6, 6.07) is 0. The first-order valence-corrected chi connectivity index (χ1v) is 7.32. The van der Waals surface area contributed by atoms with Gasteiger partial charge in [-0.1, -0.05) is 12.8 Å². The lowest BCUT2D eigenvalue weighted by Gasteiger charge is -2.27. The van der Waals surface area contributed by atoms with Crippen LogP contribution in [-0.4, -0.2) is 15.0 Å². The van der Waals surface area contributed by atoms with E-state index in [4.69, 9.17) is 4.98 Å². The van der Waals surface area contributed by atoms with Crippen molar-refractivity contribution in [1.82, 2.24) is 20.3 Å². The molecule has 0 radical (unpaired) electrons. The highest BCUT2D eigenvalue weighted by Crippen LogP contribution is 2.40. The lowest BCUT2D eigenvalue weighted by Crippen LogP contribution is -2.39. The fourth-order valence-corrected chi connectivity index (χ4v) is 3.70. The van der Waals surface area contributed by atoms with E-state index in [1.54, 1.807) is 17.5 Å². The third-order valence-electron chi connectivity index (χ3n) is 3.63. The van der Waals surface area contributed by atoms with Crippen LogP contribution in [0.1, 0.15) is 42.2 Å². The standard InChI is InChI=1S/C13H18N4S/c1-10-9-18-12(17-10)13(4-2-3-5-13)16-8-11-14-6-7-15-11/h6-7,9,16H,2-5,8H2,1H3,(H,14,15). The molecular weight excluding hydrogens is 244 g/mol. The molecule has 0 amide bonds. The van der Waals surface area contributed by atoms with Crippen molar-refractivity contribution in [3.63, 3.8) is 0 Å². The van der Waals surface area contributed by atoms with Gasteiger partial charge < -0.3 is 4.98 Å². The third kappa shape index (κ3) is 2.20. The van der Waals surface area contributed by atoms with Gasteiger partial charge in [-0.2, -0.15) is 0 Å². The number of hydrogen-bond acceptors (Lipinski definition) is 4. The number of thiazole rings is 1. The Balaban J connectivity index is 1.79. The van der Waals surface area contributed by atoms with E-state index in [0.29, 0.717) is 0 Å². The molecule has 0 bridgehead atoms. The number of H-pyrrole nitrogens is 1. The van der Waals surface area contributed by atoms with E-state index in [1.807, 2.05) is 6.20 Å². The van der Waals surface area contributed by atoms with Crippen molar-refractivity contribution < 1.29 is 0 Å². The van der Waals surface area contributed by atoms with Gasteiger partial charge in [-0.05, 0) is 19.8 Å². The molecule has 2 aromatic heterocycles. The normalized spacial score (nSPS) is 18.3. The predicted molar refractivity (Wildman–Crippen MR) is 72.4 cm³/mol. The molecule has 1 aliphatic carbocycles. The summed E-state index contributed by atoms with van der Waals surface area (Å²) in [5.74, 6) is 0.995. The lowest BCUT2D eigenvalue weighted by atomic mass is 9.98. The van der Waals surface area contributed by atoms with Gasteiger partial charge in [0.25, 0.3) is 0 Å². The van der Waals surface area contributed by atoms with E-state index in [2.05, 4.69) is 27.6 Å². The van der Waals surface area contributed by atoms with E-state index in [1.165, 1.54) is 30.7 Å². The zero-order valence-electron chi connectivity index (χ0n) is 10.6. The Morgan fingerprint density at radius 2 is 2.28 bits per heavy atom. The van der Waals surface area contributed by atoms with Crippen LogP contribution in [0.4, 0.5) is 0 Å². The molecule has 96 valence electrons. The van der Waals surface area contributed by atoms with Crippen molar-refractivity contribution in [2.45, 2.75) is 44.7 Å². The molecule has 0 saturated heterocycles. The summed E-state index contributed by atoms with van der Waals surface area (Å²) in [4.78, 5) is 12.1. The molecule has 2 heterocycles. The smallest absolute Gasteiger partial charge is 0.120 e. The summed E-state index contributed by atoms with van der Waals surface area (Å²) >= 11 is 1.78. The molecule has 0 spiro atoms. The number of aryl methyl sites for hydroxylation is 1. The number of nitrogens with one attached hydrogen (secondary N) is 2. The molecule has 0 aliphatic heterocycles. The summed E-state index contributed by atoms with van der Waals surface area (Å²) in [5, 5.41) is 7.06. The van der Waals surface area contributed by atoms with Crippen LogP contribution in [0.15, 0.2) is 17.8 Å². The summed E-state index contributed by atoms with van der Waals surface area (Å²) in [6.45, 7) is 2.85. The number of nitrogens with zero attached hydrogens (tertiary/aromatic N) is 2. The Hall–Kier alpha value is -1.20. The molecule has 1 saturated carbocycles. The van der Waals surface area contributed by atoms with Crippen molar-refractivity contribution in [2.75, 3.05) is 0 Å². The van der Waals surface area contributed by atoms with Crippen LogP contribution in [0.3, 0.4) is 0 Å². The summed E-state index contributed by atoms with van der Waals surface area (Å²) < 4.78 is 0.